The average molecular weight is 184 g/mol. The molecule has 0 bridgehead atoms. The van der Waals surface area contributed by atoms with Gasteiger partial charge in [0.1, 0.15) is 0 Å². The second-order valence-corrected chi connectivity index (χ2v) is 2.19. The first-order valence-electron chi connectivity index (χ1n) is 2.83. The summed E-state index contributed by atoms with van der Waals surface area (Å²) in [6, 6.07) is 0. The maximum absolute atomic E-state index is 8.06. The molecular weight excluding hydrogens is 168 g/mol. The second kappa shape index (κ2) is 16.3. The van der Waals surface area contributed by atoms with Gasteiger partial charge >= 0.3 is 21.7 Å². The molecule has 0 radical (unpaired) electrons. The molecule has 0 amide bonds. The molecule has 0 saturated carbocycles. The number of rotatable bonds is 0. The first-order chi connectivity index (χ1) is 3.46. The molecule has 0 aliphatic rings. The maximum atomic E-state index is 8.06. The van der Waals surface area contributed by atoms with Crippen LogP contribution in [-0.4, -0.2) is 22.4 Å². The summed E-state index contributed by atoms with van der Waals surface area (Å²) in [4.78, 5) is 0. The molecule has 4 heteroatoms. The number of hydrogen-bond acceptors (Lipinski definition) is 2. The van der Waals surface area contributed by atoms with E-state index in [-0.39, 0.29) is 39.4 Å². The summed E-state index contributed by atoms with van der Waals surface area (Å²) >= 11 is 0. The van der Waals surface area contributed by atoms with Crippen molar-refractivity contribution in [1.29, 1.82) is 0 Å². The van der Waals surface area contributed by atoms with Gasteiger partial charge in [-0.2, -0.15) is 0 Å². The smallest absolute Gasteiger partial charge is 2.00 e. The molecule has 0 aromatic carbocycles. The van der Waals surface area contributed by atoms with E-state index in [4.69, 9.17) is 10.2 Å². The summed E-state index contributed by atoms with van der Waals surface area (Å²) in [5.41, 5.74) is 0. The predicted octanol–water partition coefficient (Wildman–Crippen LogP) is 0.653. The van der Waals surface area contributed by atoms with Crippen LogP contribution < -0.4 is 0 Å². The van der Waals surface area contributed by atoms with Crippen LogP contribution in [0.4, 0.5) is 0 Å². The van der Waals surface area contributed by atoms with Crippen molar-refractivity contribution in [2.75, 3.05) is 0 Å². The van der Waals surface area contributed by atoms with Gasteiger partial charge in [-0.05, 0) is 27.7 Å². The Balaban J connectivity index is -0.0000000300. The molecule has 0 spiro atoms. The SMILES string of the molecule is CC(C)O.CC(C)O.[O-2].[Ti+2]. The molecule has 0 aromatic heterocycles. The van der Waals surface area contributed by atoms with E-state index in [9.17, 15) is 0 Å². The van der Waals surface area contributed by atoms with Crippen LogP contribution in [-0.2, 0) is 27.2 Å². The Kier molecular flexibility index (Phi) is 36.5. The zero-order valence-electron chi connectivity index (χ0n) is 6.96. The van der Waals surface area contributed by atoms with Gasteiger partial charge in [0.25, 0.3) is 0 Å². The first-order valence-corrected chi connectivity index (χ1v) is 2.83. The first kappa shape index (κ1) is 22.4. The molecule has 0 aliphatic heterocycles. The summed E-state index contributed by atoms with van der Waals surface area (Å²) in [5, 5.41) is 16.1. The van der Waals surface area contributed by atoms with E-state index in [1.165, 1.54) is 0 Å². The molecule has 0 saturated heterocycles. The zero-order valence-corrected chi connectivity index (χ0v) is 8.52. The predicted molar refractivity (Wildman–Crippen MR) is 35.4 cm³/mol. The van der Waals surface area contributed by atoms with Crippen LogP contribution in [0.2, 0.25) is 0 Å². The third-order valence-electron chi connectivity index (χ3n) is 0. The van der Waals surface area contributed by atoms with Gasteiger partial charge in [-0.15, -0.1) is 0 Å². The Morgan fingerprint density at radius 3 is 0.800 bits per heavy atom. The molecule has 62 valence electrons. The van der Waals surface area contributed by atoms with Crippen molar-refractivity contribution in [3.8, 4) is 0 Å². The van der Waals surface area contributed by atoms with Crippen LogP contribution in [0.1, 0.15) is 27.7 Å². The van der Waals surface area contributed by atoms with Crippen LogP contribution in [0, 0.1) is 0 Å². The van der Waals surface area contributed by atoms with Crippen molar-refractivity contribution in [3.63, 3.8) is 0 Å². The molecular formula is C6H16O3Ti. The molecule has 3 nitrogen and oxygen atoms in total. The molecule has 0 aromatic rings. The van der Waals surface area contributed by atoms with Gasteiger partial charge in [0.2, 0.25) is 0 Å². The Hall–Kier alpha value is 0.594. The van der Waals surface area contributed by atoms with Gasteiger partial charge in [0.05, 0.1) is 0 Å². The van der Waals surface area contributed by atoms with Crippen molar-refractivity contribution in [3.05, 3.63) is 0 Å². The maximum Gasteiger partial charge on any atom is 2.00 e. The van der Waals surface area contributed by atoms with E-state index in [1.807, 2.05) is 0 Å². The van der Waals surface area contributed by atoms with Crippen LogP contribution in [0.15, 0.2) is 0 Å². The monoisotopic (exact) mass is 184 g/mol. The van der Waals surface area contributed by atoms with E-state index in [1.54, 1.807) is 27.7 Å². The van der Waals surface area contributed by atoms with E-state index in [0.29, 0.717) is 0 Å². The normalized spacial score (nSPS) is 7.20. The number of aliphatic hydroxyl groups is 2. The van der Waals surface area contributed by atoms with Gasteiger partial charge in [0, 0.05) is 12.2 Å². The van der Waals surface area contributed by atoms with Crippen molar-refractivity contribution in [2.24, 2.45) is 0 Å². The average Bonchev–Trinajstić information content (AvgIpc) is 1.25. The van der Waals surface area contributed by atoms with Gasteiger partial charge in [-0.25, -0.2) is 0 Å². The van der Waals surface area contributed by atoms with Gasteiger partial charge in [-0.1, -0.05) is 0 Å². The Morgan fingerprint density at radius 2 is 0.800 bits per heavy atom. The molecule has 0 heterocycles. The fourth-order valence-electron chi connectivity index (χ4n) is 0. The third-order valence-corrected chi connectivity index (χ3v) is 0. The van der Waals surface area contributed by atoms with Crippen LogP contribution in [0.5, 0.6) is 0 Å². The molecule has 0 fully saturated rings. The quantitative estimate of drug-likeness (QED) is 0.542. The Labute approximate surface area is 77.6 Å². The minimum absolute atomic E-state index is 0. The van der Waals surface area contributed by atoms with Gasteiger partial charge < -0.3 is 15.7 Å². The minimum atomic E-state index is -0.167. The summed E-state index contributed by atoms with van der Waals surface area (Å²) in [6.45, 7) is 6.89. The van der Waals surface area contributed by atoms with Crippen molar-refractivity contribution in [2.45, 2.75) is 39.9 Å². The summed E-state index contributed by atoms with van der Waals surface area (Å²) in [5.74, 6) is 0. The standard InChI is InChI=1S/2C3H8O.O.Ti/c2*1-3(2)4;;/h2*3-4H,1-2H3;;/q;;-2;+2. The third kappa shape index (κ3) is 1400. The van der Waals surface area contributed by atoms with Gasteiger partial charge in [-0.3, -0.25) is 0 Å². The molecule has 0 rings (SSSR count). The molecule has 2 N–H and O–H groups in total. The van der Waals surface area contributed by atoms with Crippen LogP contribution in [0.3, 0.4) is 0 Å². The number of aliphatic hydroxyl groups excluding tert-OH is 2. The zero-order chi connectivity index (χ0) is 7.15. The van der Waals surface area contributed by atoms with E-state index in [0.717, 1.165) is 0 Å². The largest absolute Gasteiger partial charge is 2.00 e. The second-order valence-electron chi connectivity index (χ2n) is 2.19. The van der Waals surface area contributed by atoms with Crippen LogP contribution in [0.25, 0.3) is 0 Å². The molecule has 0 aliphatic carbocycles. The number of hydrogen-bond donors (Lipinski definition) is 2. The topological polar surface area (TPSA) is 69.0 Å². The minimum Gasteiger partial charge on any atom is -2.00 e. The molecule has 0 unspecified atom stereocenters. The van der Waals surface area contributed by atoms with E-state index < -0.39 is 0 Å². The van der Waals surface area contributed by atoms with Crippen LogP contribution >= 0.6 is 0 Å². The molecule has 0 atom stereocenters. The fraction of sp³-hybridized carbons (Fsp3) is 1.00. The summed E-state index contributed by atoms with van der Waals surface area (Å²) in [7, 11) is 0. The fourth-order valence-corrected chi connectivity index (χ4v) is 0. The molecule has 10 heavy (non-hydrogen) atoms. The Bertz CT molecular complexity index is 28.5. The van der Waals surface area contributed by atoms with Crippen molar-refractivity contribution < 1.29 is 37.4 Å². The van der Waals surface area contributed by atoms with Crippen molar-refractivity contribution in [1.82, 2.24) is 0 Å². The van der Waals surface area contributed by atoms with Crippen molar-refractivity contribution >= 4 is 0 Å². The summed E-state index contributed by atoms with van der Waals surface area (Å²) in [6.07, 6.45) is -0.333. The van der Waals surface area contributed by atoms with E-state index in [2.05, 4.69) is 0 Å². The summed E-state index contributed by atoms with van der Waals surface area (Å²) < 4.78 is 0. The Morgan fingerprint density at radius 1 is 0.800 bits per heavy atom. The van der Waals surface area contributed by atoms with Gasteiger partial charge in [0.15, 0.2) is 0 Å². The van der Waals surface area contributed by atoms with E-state index >= 15 is 0 Å².